The molecule has 1 fully saturated rings. The number of ether oxygens (including phenoxy) is 1. The van der Waals surface area contributed by atoms with E-state index in [1.54, 1.807) is 0 Å². The molecule has 0 aromatic carbocycles. The van der Waals surface area contributed by atoms with Crippen LogP contribution in [0.5, 0.6) is 0 Å². The molecule has 0 spiro atoms. The molecule has 2 heterocycles. The van der Waals surface area contributed by atoms with Crippen LogP contribution in [-0.2, 0) is 11.2 Å². The minimum Gasteiger partial charge on any atom is -0.381 e. The van der Waals surface area contributed by atoms with E-state index in [-0.39, 0.29) is 0 Å². The summed E-state index contributed by atoms with van der Waals surface area (Å²) in [6, 6.07) is 0. The quantitative estimate of drug-likeness (QED) is 0.844. The molecule has 0 bridgehead atoms. The van der Waals surface area contributed by atoms with E-state index in [0.717, 1.165) is 68.5 Å². The fourth-order valence-corrected chi connectivity index (χ4v) is 2.65. The monoisotopic (exact) mass is 292 g/mol. The molecule has 0 aliphatic carbocycles. The van der Waals surface area contributed by atoms with Crippen LogP contribution in [0.4, 0.5) is 11.6 Å². The minimum absolute atomic E-state index is 0.292. The van der Waals surface area contributed by atoms with Gasteiger partial charge in [0.2, 0.25) is 0 Å². The molecule has 1 aliphatic heterocycles. The van der Waals surface area contributed by atoms with Gasteiger partial charge in [0.25, 0.3) is 0 Å². The van der Waals surface area contributed by atoms with Gasteiger partial charge in [0, 0.05) is 38.8 Å². The van der Waals surface area contributed by atoms with Crippen LogP contribution in [0, 0.1) is 12.3 Å². The molecule has 118 valence electrons. The molecule has 0 unspecified atom stereocenters. The Morgan fingerprint density at radius 3 is 2.48 bits per heavy atom. The van der Waals surface area contributed by atoms with Crippen LogP contribution in [0.2, 0.25) is 0 Å². The van der Waals surface area contributed by atoms with E-state index in [9.17, 15) is 0 Å². The zero-order chi connectivity index (χ0) is 15.3. The lowest BCUT2D eigenvalue weighted by atomic mass is 9.82. The first-order chi connectivity index (χ1) is 10.1. The Labute approximate surface area is 127 Å². The molecule has 1 saturated heterocycles. The highest BCUT2D eigenvalue weighted by Crippen LogP contribution is 2.30. The van der Waals surface area contributed by atoms with Gasteiger partial charge in [0.05, 0.1) is 0 Å². The van der Waals surface area contributed by atoms with Gasteiger partial charge in [0.15, 0.2) is 0 Å². The second kappa shape index (κ2) is 7.07. The first-order valence-electron chi connectivity index (χ1n) is 7.95. The van der Waals surface area contributed by atoms with Gasteiger partial charge in [-0.15, -0.1) is 0 Å². The van der Waals surface area contributed by atoms with E-state index in [1.165, 1.54) is 0 Å². The number of nitrogens with zero attached hydrogens (tertiary/aromatic N) is 2. The van der Waals surface area contributed by atoms with Gasteiger partial charge in [-0.2, -0.15) is 0 Å². The molecule has 21 heavy (non-hydrogen) atoms. The molecular formula is C16H28N4O. The summed E-state index contributed by atoms with van der Waals surface area (Å²) in [5, 5.41) is 6.72. The zero-order valence-electron chi connectivity index (χ0n) is 13.8. The van der Waals surface area contributed by atoms with Crippen molar-refractivity contribution in [3.8, 4) is 0 Å². The van der Waals surface area contributed by atoms with Gasteiger partial charge < -0.3 is 15.4 Å². The third-order valence-corrected chi connectivity index (χ3v) is 4.29. The van der Waals surface area contributed by atoms with Gasteiger partial charge in [-0.25, -0.2) is 9.97 Å². The number of anilines is 2. The maximum Gasteiger partial charge on any atom is 0.134 e. The molecule has 1 aliphatic rings. The van der Waals surface area contributed by atoms with Crippen molar-refractivity contribution in [1.29, 1.82) is 0 Å². The third kappa shape index (κ3) is 4.06. The maximum atomic E-state index is 5.46. The van der Waals surface area contributed by atoms with Crippen molar-refractivity contribution in [2.45, 2.75) is 46.5 Å². The Morgan fingerprint density at radius 1 is 1.19 bits per heavy atom. The SMILES string of the molecule is CCCc1nc(NC)c(C)c(NCC2(C)CCOCC2)n1. The zero-order valence-corrected chi connectivity index (χ0v) is 13.8. The third-order valence-electron chi connectivity index (χ3n) is 4.29. The Kier molecular flexibility index (Phi) is 5.39. The Hall–Kier alpha value is -1.36. The Morgan fingerprint density at radius 2 is 1.86 bits per heavy atom. The van der Waals surface area contributed by atoms with E-state index in [4.69, 9.17) is 9.72 Å². The van der Waals surface area contributed by atoms with Crippen molar-refractivity contribution in [2.75, 3.05) is 37.4 Å². The Bertz CT molecular complexity index is 470. The maximum absolute atomic E-state index is 5.46. The van der Waals surface area contributed by atoms with E-state index < -0.39 is 0 Å². The molecule has 0 radical (unpaired) electrons. The normalized spacial score (nSPS) is 17.5. The van der Waals surface area contributed by atoms with E-state index in [1.807, 2.05) is 7.05 Å². The van der Waals surface area contributed by atoms with Gasteiger partial charge in [-0.1, -0.05) is 13.8 Å². The lowest BCUT2D eigenvalue weighted by molar-refractivity contribution is 0.0299. The van der Waals surface area contributed by atoms with Crippen LogP contribution in [-0.4, -0.2) is 36.8 Å². The Balaban J connectivity index is 2.12. The van der Waals surface area contributed by atoms with Gasteiger partial charge in [0.1, 0.15) is 17.5 Å². The molecule has 0 saturated carbocycles. The minimum atomic E-state index is 0.292. The smallest absolute Gasteiger partial charge is 0.134 e. The molecule has 5 heteroatoms. The second-order valence-electron chi connectivity index (χ2n) is 6.24. The summed E-state index contributed by atoms with van der Waals surface area (Å²) in [7, 11) is 1.91. The molecule has 2 N–H and O–H groups in total. The summed E-state index contributed by atoms with van der Waals surface area (Å²) in [5.74, 6) is 2.80. The summed E-state index contributed by atoms with van der Waals surface area (Å²) < 4.78 is 5.46. The fraction of sp³-hybridized carbons (Fsp3) is 0.750. The molecular weight excluding hydrogens is 264 g/mol. The molecule has 1 aromatic rings. The molecule has 0 amide bonds. The highest BCUT2D eigenvalue weighted by molar-refractivity contribution is 5.57. The van der Waals surface area contributed by atoms with Crippen LogP contribution in [0.15, 0.2) is 0 Å². The van der Waals surface area contributed by atoms with Crippen molar-refractivity contribution in [3.05, 3.63) is 11.4 Å². The topological polar surface area (TPSA) is 59.1 Å². The predicted molar refractivity (Wildman–Crippen MR) is 87.0 cm³/mol. The highest BCUT2D eigenvalue weighted by atomic mass is 16.5. The predicted octanol–water partition coefficient (Wildman–Crippen LogP) is 3.01. The summed E-state index contributed by atoms with van der Waals surface area (Å²) in [6.07, 6.45) is 4.17. The number of rotatable bonds is 6. The van der Waals surface area contributed by atoms with Crippen molar-refractivity contribution in [3.63, 3.8) is 0 Å². The van der Waals surface area contributed by atoms with Crippen LogP contribution in [0.1, 0.15) is 44.5 Å². The van der Waals surface area contributed by atoms with E-state index in [2.05, 4.69) is 36.4 Å². The van der Waals surface area contributed by atoms with Crippen LogP contribution in [0.25, 0.3) is 0 Å². The summed E-state index contributed by atoms with van der Waals surface area (Å²) in [6.45, 7) is 9.20. The van der Waals surface area contributed by atoms with Gasteiger partial charge >= 0.3 is 0 Å². The number of hydrogen-bond acceptors (Lipinski definition) is 5. The largest absolute Gasteiger partial charge is 0.381 e. The van der Waals surface area contributed by atoms with Crippen LogP contribution in [0.3, 0.4) is 0 Å². The van der Waals surface area contributed by atoms with Gasteiger partial charge in [-0.3, -0.25) is 0 Å². The number of nitrogens with one attached hydrogen (secondary N) is 2. The molecule has 0 atom stereocenters. The highest BCUT2D eigenvalue weighted by Gasteiger charge is 2.27. The number of hydrogen-bond donors (Lipinski definition) is 2. The van der Waals surface area contributed by atoms with Crippen molar-refractivity contribution >= 4 is 11.6 Å². The lowest BCUT2D eigenvalue weighted by Crippen LogP contribution is -2.33. The summed E-state index contributed by atoms with van der Waals surface area (Å²) in [5.41, 5.74) is 1.38. The lowest BCUT2D eigenvalue weighted by Gasteiger charge is -2.34. The fourth-order valence-electron chi connectivity index (χ4n) is 2.65. The van der Waals surface area contributed by atoms with Crippen molar-refractivity contribution < 1.29 is 4.74 Å². The molecule has 1 aromatic heterocycles. The van der Waals surface area contributed by atoms with E-state index in [0.29, 0.717) is 5.41 Å². The van der Waals surface area contributed by atoms with Crippen molar-refractivity contribution in [2.24, 2.45) is 5.41 Å². The summed E-state index contributed by atoms with van der Waals surface area (Å²) in [4.78, 5) is 9.26. The standard InChI is InChI=1S/C16H28N4O/c1-5-6-13-19-14(17-4)12(2)15(20-13)18-11-16(3)7-9-21-10-8-16/h5-11H2,1-4H3,(H2,17,18,19,20). The van der Waals surface area contributed by atoms with Crippen molar-refractivity contribution in [1.82, 2.24) is 9.97 Å². The average Bonchev–Trinajstić information content (AvgIpc) is 2.48. The van der Waals surface area contributed by atoms with Crippen LogP contribution < -0.4 is 10.6 Å². The van der Waals surface area contributed by atoms with Crippen LogP contribution >= 0.6 is 0 Å². The van der Waals surface area contributed by atoms with Gasteiger partial charge in [-0.05, 0) is 31.6 Å². The molecule has 2 rings (SSSR count). The first kappa shape index (κ1) is 16.0. The molecule has 5 nitrogen and oxygen atoms in total. The number of aryl methyl sites for hydroxylation is 1. The summed E-state index contributed by atoms with van der Waals surface area (Å²) >= 11 is 0. The average molecular weight is 292 g/mol. The second-order valence-corrected chi connectivity index (χ2v) is 6.24. The van der Waals surface area contributed by atoms with E-state index >= 15 is 0 Å². The first-order valence-corrected chi connectivity index (χ1v) is 7.95. The number of aromatic nitrogens is 2.